The van der Waals surface area contributed by atoms with Crippen LogP contribution in [0.1, 0.15) is 5.69 Å². The second-order valence-corrected chi connectivity index (χ2v) is 8.07. The summed E-state index contributed by atoms with van der Waals surface area (Å²) in [4.78, 5) is 2.20. The number of rotatable bonds is 7. The lowest BCUT2D eigenvalue weighted by Gasteiger charge is -2.26. The van der Waals surface area contributed by atoms with Gasteiger partial charge in [0, 0.05) is 38.3 Å². The van der Waals surface area contributed by atoms with Gasteiger partial charge in [-0.1, -0.05) is 23.7 Å². The lowest BCUT2D eigenvalue weighted by molar-refractivity contribution is -0.144. The van der Waals surface area contributed by atoms with Crippen LogP contribution in [0.3, 0.4) is 0 Å². The standard InChI is InChI=1S/C23H23ClF3N3O4/c1-29-22(23(25,26)27)21(34-19-5-3-2-4-17(19)24)20(28-29)16-7-6-15(14-18(16)31)33-13-10-30-8-11-32-12-9-30/h2-7,14,31H,8-13H2,1H3. The number of phenols is 1. The maximum Gasteiger partial charge on any atom is 0.436 e. The molecule has 34 heavy (non-hydrogen) atoms. The normalized spacial score (nSPS) is 14.9. The second-order valence-electron chi connectivity index (χ2n) is 7.66. The van der Waals surface area contributed by atoms with Crippen molar-refractivity contribution < 1.29 is 32.5 Å². The van der Waals surface area contributed by atoms with Gasteiger partial charge in [0.25, 0.3) is 0 Å². The molecule has 0 aliphatic carbocycles. The number of para-hydroxylation sites is 1. The molecule has 1 saturated heterocycles. The fourth-order valence-electron chi connectivity index (χ4n) is 3.65. The Hall–Kier alpha value is -2.95. The number of phenolic OH excluding ortho intramolecular Hbond substituents is 1. The average molecular weight is 498 g/mol. The Labute approximate surface area is 199 Å². The van der Waals surface area contributed by atoms with Gasteiger partial charge in [-0.3, -0.25) is 9.58 Å². The molecule has 4 rings (SSSR count). The summed E-state index contributed by atoms with van der Waals surface area (Å²) in [5.41, 5.74) is -1.21. The van der Waals surface area contributed by atoms with Crippen molar-refractivity contribution in [2.75, 3.05) is 39.5 Å². The third kappa shape index (κ3) is 5.40. The van der Waals surface area contributed by atoms with Crippen LogP contribution in [-0.2, 0) is 18.0 Å². The van der Waals surface area contributed by atoms with E-state index in [1.165, 1.54) is 24.3 Å². The topological polar surface area (TPSA) is 69.0 Å². The lowest BCUT2D eigenvalue weighted by Crippen LogP contribution is -2.38. The monoisotopic (exact) mass is 497 g/mol. The molecule has 1 N–H and O–H groups in total. The largest absolute Gasteiger partial charge is 0.507 e. The Kier molecular flexibility index (Phi) is 7.20. The number of hydrogen-bond acceptors (Lipinski definition) is 6. The van der Waals surface area contributed by atoms with Crippen molar-refractivity contribution >= 4 is 11.6 Å². The molecule has 1 aliphatic rings. The molecular formula is C23H23ClF3N3O4. The van der Waals surface area contributed by atoms with Crippen molar-refractivity contribution in [1.29, 1.82) is 0 Å². The molecule has 0 bridgehead atoms. The fourth-order valence-corrected chi connectivity index (χ4v) is 3.82. The summed E-state index contributed by atoms with van der Waals surface area (Å²) < 4.78 is 58.8. The first-order chi connectivity index (χ1) is 16.2. The van der Waals surface area contributed by atoms with E-state index in [0.717, 1.165) is 20.1 Å². The highest BCUT2D eigenvalue weighted by Gasteiger charge is 2.41. The van der Waals surface area contributed by atoms with Gasteiger partial charge in [0.15, 0.2) is 11.4 Å². The number of hydrogen-bond donors (Lipinski definition) is 1. The predicted molar refractivity (Wildman–Crippen MR) is 120 cm³/mol. The fraction of sp³-hybridized carbons (Fsp3) is 0.348. The molecule has 1 fully saturated rings. The minimum absolute atomic E-state index is 0.0338. The molecule has 0 saturated carbocycles. The third-order valence-corrected chi connectivity index (χ3v) is 5.64. The van der Waals surface area contributed by atoms with Gasteiger partial charge in [-0.25, -0.2) is 0 Å². The molecule has 7 nitrogen and oxygen atoms in total. The number of aromatic hydroxyl groups is 1. The molecule has 1 aromatic heterocycles. The predicted octanol–water partition coefficient (Wildman–Crippen LogP) is 4.97. The number of aryl methyl sites for hydroxylation is 1. The molecule has 182 valence electrons. The van der Waals surface area contributed by atoms with Crippen molar-refractivity contribution in [3.8, 4) is 34.3 Å². The second kappa shape index (κ2) is 10.1. The highest BCUT2D eigenvalue weighted by atomic mass is 35.5. The maximum absolute atomic E-state index is 13.8. The number of ether oxygens (including phenoxy) is 3. The van der Waals surface area contributed by atoms with Gasteiger partial charge in [0.1, 0.15) is 29.5 Å². The highest BCUT2D eigenvalue weighted by molar-refractivity contribution is 6.32. The van der Waals surface area contributed by atoms with Crippen molar-refractivity contribution in [3.05, 3.63) is 53.2 Å². The SMILES string of the molecule is Cn1nc(-c2ccc(OCCN3CCOCC3)cc2O)c(Oc2ccccc2Cl)c1C(F)(F)F. The summed E-state index contributed by atoms with van der Waals surface area (Å²) >= 11 is 6.09. The van der Waals surface area contributed by atoms with E-state index >= 15 is 0 Å². The number of aromatic nitrogens is 2. The van der Waals surface area contributed by atoms with Crippen molar-refractivity contribution in [3.63, 3.8) is 0 Å². The summed E-state index contributed by atoms with van der Waals surface area (Å²) in [5.74, 6) is -0.430. The molecule has 0 radical (unpaired) electrons. The Morgan fingerprint density at radius 1 is 1.15 bits per heavy atom. The van der Waals surface area contributed by atoms with Crippen LogP contribution in [0.25, 0.3) is 11.3 Å². The van der Waals surface area contributed by atoms with Crippen molar-refractivity contribution in [1.82, 2.24) is 14.7 Å². The van der Waals surface area contributed by atoms with Gasteiger partial charge >= 0.3 is 6.18 Å². The summed E-state index contributed by atoms with van der Waals surface area (Å²) in [5, 5.41) is 14.8. The van der Waals surface area contributed by atoms with Crippen LogP contribution in [0, 0.1) is 0 Å². The van der Waals surface area contributed by atoms with Crippen LogP contribution in [0.5, 0.6) is 23.0 Å². The lowest BCUT2D eigenvalue weighted by atomic mass is 10.1. The van der Waals surface area contributed by atoms with Crippen LogP contribution >= 0.6 is 11.6 Å². The number of morpholine rings is 1. The van der Waals surface area contributed by atoms with Gasteiger partial charge < -0.3 is 19.3 Å². The number of benzene rings is 2. The summed E-state index contributed by atoms with van der Waals surface area (Å²) in [7, 11) is 1.16. The first kappa shape index (κ1) is 24.2. The zero-order valence-corrected chi connectivity index (χ0v) is 19.1. The van der Waals surface area contributed by atoms with E-state index in [1.807, 2.05) is 0 Å². The maximum atomic E-state index is 13.8. The van der Waals surface area contributed by atoms with E-state index in [9.17, 15) is 18.3 Å². The molecule has 2 aromatic carbocycles. The number of alkyl halides is 3. The van der Waals surface area contributed by atoms with E-state index in [-0.39, 0.29) is 27.8 Å². The van der Waals surface area contributed by atoms with Crippen LogP contribution < -0.4 is 9.47 Å². The Morgan fingerprint density at radius 3 is 2.56 bits per heavy atom. The van der Waals surface area contributed by atoms with E-state index in [1.54, 1.807) is 18.2 Å². The molecule has 0 spiro atoms. The van der Waals surface area contributed by atoms with Gasteiger partial charge in [-0.15, -0.1) is 0 Å². The minimum atomic E-state index is -4.76. The van der Waals surface area contributed by atoms with Crippen LogP contribution in [-0.4, -0.2) is 59.2 Å². The van der Waals surface area contributed by atoms with Gasteiger partial charge in [-0.05, 0) is 24.3 Å². The van der Waals surface area contributed by atoms with Gasteiger partial charge in [0.2, 0.25) is 0 Å². The van der Waals surface area contributed by atoms with Crippen LogP contribution in [0.4, 0.5) is 13.2 Å². The zero-order valence-electron chi connectivity index (χ0n) is 18.3. The Bertz CT molecular complexity index is 1150. The molecule has 1 aliphatic heterocycles. The molecule has 0 amide bonds. The molecular weight excluding hydrogens is 475 g/mol. The summed E-state index contributed by atoms with van der Waals surface area (Å²) in [6.07, 6.45) is -4.76. The van der Waals surface area contributed by atoms with E-state index < -0.39 is 17.6 Å². The number of nitrogens with zero attached hydrogens (tertiary/aromatic N) is 3. The third-order valence-electron chi connectivity index (χ3n) is 5.33. The summed E-state index contributed by atoms with van der Waals surface area (Å²) in [6.45, 7) is 4.08. The smallest absolute Gasteiger partial charge is 0.436 e. The molecule has 3 aromatic rings. The van der Waals surface area contributed by atoms with Gasteiger partial charge in [-0.2, -0.15) is 18.3 Å². The highest BCUT2D eigenvalue weighted by Crippen LogP contribution is 2.46. The summed E-state index contributed by atoms with van der Waals surface area (Å²) in [6, 6.07) is 10.5. The molecule has 11 heteroatoms. The first-order valence-electron chi connectivity index (χ1n) is 10.6. The Balaban J connectivity index is 1.61. The van der Waals surface area contributed by atoms with Crippen molar-refractivity contribution in [2.24, 2.45) is 7.05 Å². The average Bonchev–Trinajstić information content (AvgIpc) is 3.12. The molecule has 0 atom stereocenters. The van der Waals surface area contributed by atoms with Crippen molar-refractivity contribution in [2.45, 2.75) is 6.18 Å². The van der Waals surface area contributed by atoms with E-state index in [0.29, 0.717) is 36.8 Å². The zero-order chi connectivity index (χ0) is 24.3. The van der Waals surface area contributed by atoms with E-state index in [4.69, 9.17) is 25.8 Å². The van der Waals surface area contributed by atoms with Gasteiger partial charge in [0.05, 0.1) is 18.2 Å². The molecule has 0 unspecified atom stereocenters. The Morgan fingerprint density at radius 2 is 1.88 bits per heavy atom. The molecule has 2 heterocycles. The van der Waals surface area contributed by atoms with Crippen LogP contribution in [0.2, 0.25) is 5.02 Å². The van der Waals surface area contributed by atoms with E-state index in [2.05, 4.69) is 10.00 Å². The van der Waals surface area contributed by atoms with Crippen LogP contribution in [0.15, 0.2) is 42.5 Å². The minimum Gasteiger partial charge on any atom is -0.507 e. The quantitative estimate of drug-likeness (QED) is 0.497. The first-order valence-corrected chi connectivity index (χ1v) is 10.9. The number of halogens is 4.